The van der Waals surface area contributed by atoms with Crippen LogP contribution < -0.4 is 14.2 Å². The second-order valence-electron chi connectivity index (χ2n) is 8.81. The first-order valence-corrected chi connectivity index (χ1v) is 11.8. The number of aromatic nitrogens is 1. The van der Waals surface area contributed by atoms with Crippen LogP contribution in [0, 0.1) is 6.92 Å². The van der Waals surface area contributed by atoms with E-state index in [0.29, 0.717) is 32.9 Å². The van der Waals surface area contributed by atoms with Gasteiger partial charge in [-0.15, -0.1) is 0 Å². The van der Waals surface area contributed by atoms with Crippen molar-refractivity contribution in [1.29, 1.82) is 0 Å². The van der Waals surface area contributed by atoms with Crippen molar-refractivity contribution >= 4 is 51.3 Å². The van der Waals surface area contributed by atoms with E-state index in [1.54, 1.807) is 50.4 Å². The Labute approximate surface area is 216 Å². The number of carbonyl (C=O) groups is 2. The van der Waals surface area contributed by atoms with E-state index in [9.17, 15) is 9.59 Å². The van der Waals surface area contributed by atoms with E-state index in [2.05, 4.69) is 0 Å². The number of carbonyl (C=O) groups excluding carboxylic acids is 2. The summed E-state index contributed by atoms with van der Waals surface area (Å²) in [5, 5.41) is 2.16. The molecule has 0 fully saturated rings. The predicted octanol–water partition coefficient (Wildman–Crippen LogP) is 6.73. The summed E-state index contributed by atoms with van der Waals surface area (Å²) in [5.41, 5.74) is 3.40. The molecular formula is C29H20ClNO6. The molecule has 184 valence electrons. The molecule has 3 heterocycles. The van der Waals surface area contributed by atoms with E-state index in [1.165, 1.54) is 6.07 Å². The van der Waals surface area contributed by atoms with Crippen molar-refractivity contribution < 1.29 is 28.2 Å². The van der Waals surface area contributed by atoms with Gasteiger partial charge in [-0.05, 0) is 67.1 Å². The molecule has 3 aromatic carbocycles. The van der Waals surface area contributed by atoms with Crippen molar-refractivity contribution in [1.82, 2.24) is 4.57 Å². The molecule has 0 N–H and O–H groups in total. The Balaban J connectivity index is 1.30. The average molecular weight is 514 g/mol. The summed E-state index contributed by atoms with van der Waals surface area (Å²) < 4.78 is 24.4. The number of methoxy groups -OCH3 is 1. The molecule has 1 aliphatic heterocycles. The van der Waals surface area contributed by atoms with Crippen LogP contribution >= 0.6 is 11.6 Å². The number of fused-ring (bicyclic) bond motifs is 3. The summed E-state index contributed by atoms with van der Waals surface area (Å²) in [5.74, 6) is 0.605. The number of halogens is 1. The van der Waals surface area contributed by atoms with Gasteiger partial charge in [-0.2, -0.15) is 0 Å². The Kier molecular flexibility index (Phi) is 5.31. The molecule has 0 atom stereocenters. The smallest absolute Gasteiger partial charge is 0.379 e. The summed E-state index contributed by atoms with van der Waals surface area (Å²) in [7, 11) is 3.55. The number of hydrogen-bond acceptors (Lipinski definition) is 6. The first kappa shape index (κ1) is 22.9. The summed E-state index contributed by atoms with van der Waals surface area (Å²) in [4.78, 5) is 26.0. The molecule has 2 aromatic heterocycles. The molecule has 0 spiro atoms. The maximum Gasteiger partial charge on any atom is 0.379 e. The van der Waals surface area contributed by atoms with Crippen LogP contribution in [0.15, 0.2) is 71.0 Å². The fourth-order valence-corrected chi connectivity index (χ4v) is 4.77. The zero-order valence-electron chi connectivity index (χ0n) is 20.1. The van der Waals surface area contributed by atoms with Crippen LogP contribution in [0.5, 0.6) is 17.2 Å². The Bertz CT molecular complexity index is 1790. The number of ether oxygens (including phenoxy) is 3. The molecule has 37 heavy (non-hydrogen) atoms. The van der Waals surface area contributed by atoms with Gasteiger partial charge in [0.2, 0.25) is 11.5 Å². The van der Waals surface area contributed by atoms with Crippen molar-refractivity contribution in [3.05, 3.63) is 94.0 Å². The first-order chi connectivity index (χ1) is 17.8. The number of aryl methyl sites for hydroxylation is 2. The van der Waals surface area contributed by atoms with Crippen molar-refractivity contribution in [3.8, 4) is 17.2 Å². The molecule has 0 bridgehead atoms. The summed E-state index contributed by atoms with van der Waals surface area (Å²) in [6.45, 7) is 1.77. The van der Waals surface area contributed by atoms with Crippen LogP contribution in [-0.2, 0) is 7.05 Å². The fraction of sp³-hybridized carbons (Fsp3) is 0.103. The third-order valence-corrected chi connectivity index (χ3v) is 6.58. The lowest BCUT2D eigenvalue weighted by atomic mass is 10.0. The lowest BCUT2D eigenvalue weighted by Crippen LogP contribution is -2.07. The summed E-state index contributed by atoms with van der Waals surface area (Å²) >= 11 is 6.02. The van der Waals surface area contributed by atoms with Gasteiger partial charge in [-0.1, -0.05) is 11.6 Å². The van der Waals surface area contributed by atoms with Crippen LogP contribution in [0.4, 0.5) is 0 Å². The topological polar surface area (TPSA) is 79.9 Å². The van der Waals surface area contributed by atoms with E-state index < -0.39 is 5.97 Å². The monoisotopic (exact) mass is 513 g/mol. The number of esters is 1. The predicted molar refractivity (Wildman–Crippen MR) is 140 cm³/mol. The fourth-order valence-electron chi connectivity index (χ4n) is 4.59. The van der Waals surface area contributed by atoms with E-state index >= 15 is 0 Å². The number of ketones is 1. The zero-order chi connectivity index (χ0) is 25.8. The van der Waals surface area contributed by atoms with Crippen LogP contribution in [0.25, 0.3) is 27.9 Å². The van der Waals surface area contributed by atoms with E-state index in [1.807, 2.05) is 36.0 Å². The Hall–Kier alpha value is -4.49. The van der Waals surface area contributed by atoms with Crippen molar-refractivity contribution in [2.45, 2.75) is 6.92 Å². The molecule has 0 radical (unpaired) electrons. The van der Waals surface area contributed by atoms with Gasteiger partial charge < -0.3 is 23.2 Å². The number of allylic oxidation sites excluding steroid dienone is 1. The minimum Gasteiger partial charge on any atom is -0.497 e. The second-order valence-corrected chi connectivity index (χ2v) is 9.25. The number of rotatable bonds is 4. The number of furan rings is 1. The van der Waals surface area contributed by atoms with Gasteiger partial charge >= 0.3 is 5.97 Å². The number of Topliss-reactive ketones (excluding diaryl/α,β-unsaturated/α-hetero) is 1. The van der Waals surface area contributed by atoms with E-state index in [0.717, 1.165) is 22.2 Å². The minimum atomic E-state index is -0.670. The Morgan fingerprint density at radius 1 is 1.05 bits per heavy atom. The molecule has 5 aromatic rings. The maximum absolute atomic E-state index is 13.2. The standard InChI is InChI=1S/C29H20ClNO6/c1-15-8-20(35-29(33)26-10-16-9-18(30)4-7-23(16)36-26)13-24-27(15)28(32)25(37-24)11-17-14-31(2)22-6-5-19(34-3)12-21(17)22/h4-14H,1-3H3/b25-11-. The van der Waals surface area contributed by atoms with Gasteiger partial charge in [0.25, 0.3) is 0 Å². The van der Waals surface area contributed by atoms with Crippen LogP contribution in [0.2, 0.25) is 5.02 Å². The molecule has 1 aliphatic rings. The van der Waals surface area contributed by atoms with Gasteiger partial charge in [0.05, 0.1) is 12.7 Å². The molecular weight excluding hydrogens is 494 g/mol. The first-order valence-electron chi connectivity index (χ1n) is 11.4. The zero-order valence-corrected chi connectivity index (χ0v) is 20.9. The van der Waals surface area contributed by atoms with Gasteiger partial charge in [0.15, 0.2) is 5.76 Å². The van der Waals surface area contributed by atoms with E-state index in [4.69, 9.17) is 30.2 Å². The number of nitrogens with zero attached hydrogens (tertiary/aromatic N) is 1. The molecule has 0 saturated carbocycles. The van der Waals surface area contributed by atoms with Gasteiger partial charge in [0.1, 0.15) is 22.8 Å². The third-order valence-electron chi connectivity index (χ3n) is 6.35. The van der Waals surface area contributed by atoms with E-state index in [-0.39, 0.29) is 23.1 Å². The highest BCUT2D eigenvalue weighted by Gasteiger charge is 2.31. The number of hydrogen-bond donors (Lipinski definition) is 0. The normalized spacial score (nSPS) is 13.8. The second kappa shape index (κ2) is 8.57. The SMILES string of the molecule is COc1ccc2c(c1)c(/C=C1\Oc3cc(OC(=O)c4cc5cc(Cl)ccc5o4)cc(C)c3C1=O)cn2C. The van der Waals surface area contributed by atoms with Crippen molar-refractivity contribution in [3.63, 3.8) is 0 Å². The maximum atomic E-state index is 13.2. The van der Waals surface area contributed by atoms with Crippen LogP contribution in [-0.4, -0.2) is 23.4 Å². The highest BCUT2D eigenvalue weighted by Crippen LogP contribution is 2.38. The molecule has 0 saturated heterocycles. The molecule has 6 rings (SSSR count). The lowest BCUT2D eigenvalue weighted by Gasteiger charge is -2.06. The lowest BCUT2D eigenvalue weighted by molar-refractivity contribution is 0.0703. The third kappa shape index (κ3) is 3.93. The summed E-state index contributed by atoms with van der Waals surface area (Å²) in [6.07, 6.45) is 3.64. The number of benzene rings is 3. The largest absolute Gasteiger partial charge is 0.497 e. The molecule has 0 amide bonds. The summed E-state index contributed by atoms with van der Waals surface area (Å²) in [6, 6.07) is 15.6. The van der Waals surface area contributed by atoms with Gasteiger partial charge in [-0.3, -0.25) is 4.79 Å². The Morgan fingerprint density at radius 2 is 1.89 bits per heavy atom. The quantitative estimate of drug-likeness (QED) is 0.150. The van der Waals surface area contributed by atoms with Crippen LogP contribution in [0.3, 0.4) is 0 Å². The Morgan fingerprint density at radius 3 is 2.70 bits per heavy atom. The highest BCUT2D eigenvalue weighted by atomic mass is 35.5. The average Bonchev–Trinajstić information content (AvgIpc) is 3.52. The van der Waals surface area contributed by atoms with Crippen LogP contribution in [0.1, 0.15) is 32.0 Å². The van der Waals surface area contributed by atoms with Crippen molar-refractivity contribution in [2.75, 3.05) is 7.11 Å². The van der Waals surface area contributed by atoms with Gasteiger partial charge in [-0.25, -0.2) is 4.79 Å². The van der Waals surface area contributed by atoms with Crippen molar-refractivity contribution in [2.24, 2.45) is 7.05 Å². The minimum absolute atomic E-state index is 0.0411. The highest BCUT2D eigenvalue weighted by molar-refractivity contribution is 6.31. The molecule has 0 unspecified atom stereocenters. The molecule has 8 heteroatoms. The van der Waals surface area contributed by atoms with Gasteiger partial charge in [0, 0.05) is 46.2 Å². The molecule has 0 aliphatic carbocycles. The molecule has 7 nitrogen and oxygen atoms in total.